The Kier molecular flexibility index (Phi) is 5.07. The van der Waals surface area contributed by atoms with Gasteiger partial charge in [-0.1, -0.05) is 6.92 Å². The molecule has 4 heterocycles. The van der Waals surface area contributed by atoms with E-state index < -0.39 is 41.2 Å². The number of hydrogen-bond donors (Lipinski definition) is 4. The lowest BCUT2D eigenvalue weighted by Gasteiger charge is -2.31. The molecule has 192 valence electrons. The van der Waals surface area contributed by atoms with E-state index in [-0.39, 0.29) is 30.7 Å². The number of aliphatic hydroxyl groups is 3. The Hall–Kier alpha value is -3.67. The summed E-state index contributed by atoms with van der Waals surface area (Å²) in [5, 5.41) is 33.2. The fourth-order valence-electron chi connectivity index (χ4n) is 5.95. The average molecular weight is 509 g/mol. The van der Waals surface area contributed by atoms with Crippen LogP contribution in [0.15, 0.2) is 16.9 Å². The summed E-state index contributed by atoms with van der Waals surface area (Å²) in [7, 11) is 0. The first kappa shape index (κ1) is 23.7. The third kappa shape index (κ3) is 3.14. The molecule has 10 nitrogen and oxygen atoms in total. The van der Waals surface area contributed by atoms with Crippen molar-refractivity contribution in [3.05, 3.63) is 61.7 Å². The van der Waals surface area contributed by atoms with Crippen LogP contribution in [0.2, 0.25) is 0 Å². The number of halogens is 1. The molecule has 0 bridgehead atoms. The van der Waals surface area contributed by atoms with Crippen LogP contribution in [0.4, 0.5) is 4.39 Å². The molecule has 0 fully saturated rings. The van der Waals surface area contributed by atoms with Crippen molar-refractivity contribution in [1.82, 2.24) is 14.9 Å². The fourth-order valence-corrected chi connectivity index (χ4v) is 5.95. The third-order valence-corrected chi connectivity index (χ3v) is 7.93. The predicted molar refractivity (Wildman–Crippen MR) is 127 cm³/mol. The highest BCUT2D eigenvalue weighted by Crippen LogP contribution is 2.45. The van der Waals surface area contributed by atoms with Gasteiger partial charge in [0.2, 0.25) is 6.29 Å². The largest absolute Gasteiger partial charge is 0.458 e. The molecule has 4 N–H and O–H groups in total. The second kappa shape index (κ2) is 7.91. The summed E-state index contributed by atoms with van der Waals surface area (Å²) in [6, 6.07) is 2.24. The number of ether oxygens (including phenoxy) is 1. The lowest BCUT2D eigenvalue weighted by atomic mass is 9.81. The van der Waals surface area contributed by atoms with E-state index in [4.69, 9.17) is 9.72 Å². The zero-order valence-electron chi connectivity index (χ0n) is 20.1. The minimum Gasteiger partial charge on any atom is -0.458 e. The number of carbonyl (C=O) groups excluding carboxylic acids is 2. The van der Waals surface area contributed by atoms with Crippen molar-refractivity contribution >= 4 is 22.8 Å². The molecule has 1 amide bonds. The number of rotatable bonds is 3. The smallest absolute Gasteiger partial charge is 0.343 e. The Labute approximate surface area is 209 Å². The number of carbonyl (C=O) groups is 2. The van der Waals surface area contributed by atoms with Crippen LogP contribution in [0.3, 0.4) is 0 Å². The van der Waals surface area contributed by atoms with Gasteiger partial charge in [0, 0.05) is 22.6 Å². The monoisotopic (exact) mass is 509 g/mol. The molecule has 11 heteroatoms. The summed E-state index contributed by atoms with van der Waals surface area (Å²) in [6.07, 6.45) is -1.40. The summed E-state index contributed by atoms with van der Waals surface area (Å²) >= 11 is 0. The molecule has 37 heavy (non-hydrogen) atoms. The lowest BCUT2D eigenvalue weighted by Crippen LogP contribution is -2.44. The van der Waals surface area contributed by atoms with Crippen LogP contribution in [0.5, 0.6) is 0 Å². The normalized spacial score (nSPS) is 21.5. The highest BCUT2D eigenvalue weighted by Gasteiger charge is 2.46. The molecule has 2 atom stereocenters. The zero-order chi connectivity index (χ0) is 26.4. The standard InChI is InChI=1S/C26H24FN3O7/c1-3-26(36)14-6-18-21-12(8-30(18)23(32)13(14)9-37-25(26)35)20-16(29-22(31)24(33)34)5-4-11-10(2)15(27)7-17(28-21)19(11)20/h6-7,16,24,33-34,36H,3-5,8-9H2,1-2H3,(H,29,31)/t16-,26+/m1/s1. The number of nitrogens with one attached hydrogen (secondary N) is 1. The minimum absolute atomic E-state index is 0.00355. The van der Waals surface area contributed by atoms with Gasteiger partial charge in [-0.25, -0.2) is 14.2 Å². The van der Waals surface area contributed by atoms with E-state index >= 15 is 0 Å². The van der Waals surface area contributed by atoms with Crippen LogP contribution >= 0.6 is 0 Å². The van der Waals surface area contributed by atoms with Gasteiger partial charge >= 0.3 is 5.97 Å². The van der Waals surface area contributed by atoms with E-state index in [9.17, 15) is 34.1 Å². The minimum atomic E-state index is -2.21. The van der Waals surface area contributed by atoms with Crippen molar-refractivity contribution in [2.24, 2.45) is 0 Å². The number of cyclic esters (lactones) is 1. The van der Waals surface area contributed by atoms with Gasteiger partial charge in [0.15, 0.2) is 5.60 Å². The average Bonchev–Trinajstić information content (AvgIpc) is 3.24. The molecule has 0 radical (unpaired) electrons. The maximum atomic E-state index is 14.9. The molecular weight excluding hydrogens is 485 g/mol. The van der Waals surface area contributed by atoms with Crippen LogP contribution in [0.1, 0.15) is 59.2 Å². The van der Waals surface area contributed by atoms with Gasteiger partial charge in [-0.15, -0.1) is 0 Å². The Morgan fingerprint density at radius 3 is 2.76 bits per heavy atom. The number of fused-ring (bicyclic) bond motifs is 5. The van der Waals surface area contributed by atoms with Crippen LogP contribution in [-0.2, 0) is 39.5 Å². The number of hydrogen-bond acceptors (Lipinski definition) is 8. The highest BCUT2D eigenvalue weighted by atomic mass is 19.1. The summed E-state index contributed by atoms with van der Waals surface area (Å²) < 4.78 is 21.5. The summed E-state index contributed by atoms with van der Waals surface area (Å²) in [5.41, 5.74) is 1.46. The fraction of sp³-hybridized carbons (Fsp3) is 0.385. The number of nitrogens with zero attached hydrogens (tertiary/aromatic N) is 2. The number of aromatic nitrogens is 2. The molecule has 1 aliphatic carbocycles. The molecule has 0 saturated heterocycles. The first-order valence-corrected chi connectivity index (χ1v) is 12.0. The molecule has 1 aromatic carbocycles. The van der Waals surface area contributed by atoms with Gasteiger partial charge in [0.05, 0.1) is 35.1 Å². The van der Waals surface area contributed by atoms with Gasteiger partial charge in [-0.3, -0.25) is 9.59 Å². The Bertz CT molecular complexity index is 1610. The van der Waals surface area contributed by atoms with Crippen molar-refractivity contribution in [2.75, 3.05) is 0 Å². The van der Waals surface area contributed by atoms with Gasteiger partial charge in [0.1, 0.15) is 12.4 Å². The number of esters is 1. The van der Waals surface area contributed by atoms with E-state index in [2.05, 4.69) is 5.32 Å². The van der Waals surface area contributed by atoms with Gasteiger partial charge in [-0.2, -0.15) is 0 Å². The van der Waals surface area contributed by atoms with Crippen LogP contribution in [-0.4, -0.2) is 43.0 Å². The van der Waals surface area contributed by atoms with Crippen molar-refractivity contribution in [3.8, 4) is 11.4 Å². The van der Waals surface area contributed by atoms with E-state index in [0.29, 0.717) is 51.8 Å². The summed E-state index contributed by atoms with van der Waals surface area (Å²) in [4.78, 5) is 42.9. The molecule has 2 aliphatic heterocycles. The summed E-state index contributed by atoms with van der Waals surface area (Å²) in [5.74, 6) is -2.24. The predicted octanol–water partition coefficient (Wildman–Crippen LogP) is 0.941. The molecule has 0 spiro atoms. The second-order valence-corrected chi connectivity index (χ2v) is 9.79. The van der Waals surface area contributed by atoms with Crippen molar-refractivity contribution in [3.63, 3.8) is 0 Å². The zero-order valence-corrected chi connectivity index (χ0v) is 20.1. The lowest BCUT2D eigenvalue weighted by molar-refractivity contribution is -0.172. The Balaban J connectivity index is 1.65. The Morgan fingerprint density at radius 1 is 1.30 bits per heavy atom. The SMILES string of the molecule is CC[C@@]1(O)C(=O)OCc2c1cc1n(c2=O)Cc2c-1nc1cc(F)c(C)c3c1c2[C@H](NC(=O)C(O)O)CC3. The molecule has 3 aromatic rings. The maximum Gasteiger partial charge on any atom is 0.343 e. The number of aliphatic hydroxyl groups excluding tert-OH is 1. The van der Waals surface area contributed by atoms with Gasteiger partial charge in [0.25, 0.3) is 11.5 Å². The Morgan fingerprint density at radius 2 is 2.05 bits per heavy atom. The van der Waals surface area contributed by atoms with E-state index in [0.717, 1.165) is 5.56 Å². The van der Waals surface area contributed by atoms with Crippen molar-refractivity contribution in [2.45, 2.75) is 64.2 Å². The quantitative estimate of drug-likeness (QED) is 0.235. The second-order valence-electron chi connectivity index (χ2n) is 9.79. The molecule has 2 aromatic heterocycles. The topological polar surface area (TPSA) is 151 Å². The van der Waals surface area contributed by atoms with E-state index in [1.807, 2.05) is 0 Å². The number of pyridine rings is 2. The first-order valence-electron chi connectivity index (χ1n) is 12.0. The molecule has 6 rings (SSSR count). The molecular formula is C26H24FN3O7. The van der Waals surface area contributed by atoms with Crippen LogP contribution in [0.25, 0.3) is 22.3 Å². The first-order chi connectivity index (χ1) is 17.6. The molecule has 0 saturated carbocycles. The summed E-state index contributed by atoms with van der Waals surface area (Å²) in [6.45, 7) is 3.11. The third-order valence-electron chi connectivity index (χ3n) is 7.93. The van der Waals surface area contributed by atoms with Crippen molar-refractivity contribution < 1.29 is 34.0 Å². The van der Waals surface area contributed by atoms with E-state index in [1.54, 1.807) is 19.9 Å². The van der Waals surface area contributed by atoms with E-state index in [1.165, 1.54) is 10.6 Å². The highest BCUT2D eigenvalue weighted by molar-refractivity contribution is 5.94. The number of aryl methyl sites for hydroxylation is 1. The van der Waals surface area contributed by atoms with Gasteiger partial charge < -0.3 is 29.9 Å². The van der Waals surface area contributed by atoms with Crippen molar-refractivity contribution in [1.29, 1.82) is 0 Å². The molecule has 0 unspecified atom stereocenters. The number of amides is 1. The maximum absolute atomic E-state index is 14.9. The van der Waals surface area contributed by atoms with Crippen LogP contribution < -0.4 is 10.9 Å². The molecule has 3 aliphatic rings. The van der Waals surface area contributed by atoms with Gasteiger partial charge in [-0.05, 0) is 48.9 Å². The van der Waals surface area contributed by atoms with Crippen LogP contribution in [0, 0.1) is 12.7 Å². The number of benzene rings is 1.